The van der Waals surface area contributed by atoms with Crippen LogP contribution in [0.5, 0.6) is 0 Å². The molecule has 1 rings (SSSR count). The van der Waals surface area contributed by atoms with E-state index in [0.29, 0.717) is 18.8 Å². The Morgan fingerprint density at radius 2 is 2.00 bits per heavy atom. The highest BCUT2D eigenvalue weighted by molar-refractivity contribution is 5.93. The maximum absolute atomic E-state index is 11.9. The minimum Gasteiger partial charge on any atom is -0.544 e. The van der Waals surface area contributed by atoms with E-state index in [1.54, 1.807) is 12.1 Å². The van der Waals surface area contributed by atoms with E-state index in [4.69, 9.17) is 9.84 Å². The Bertz CT molecular complexity index is 475. The van der Waals surface area contributed by atoms with E-state index in [9.17, 15) is 14.7 Å². The number of hydrogen-bond acceptors (Lipinski definition) is 5. The zero-order valence-corrected chi connectivity index (χ0v) is 12.6. The van der Waals surface area contributed by atoms with E-state index in [1.807, 2.05) is 19.1 Å². The number of hydrogen-bond donors (Lipinski definition) is 3. The molecule has 0 heterocycles. The first-order valence-electron chi connectivity index (χ1n) is 7.12. The summed E-state index contributed by atoms with van der Waals surface area (Å²) < 4.78 is 5.03. The van der Waals surface area contributed by atoms with Crippen molar-refractivity contribution >= 4 is 17.6 Å². The Kier molecular flexibility index (Phi) is 8.13. The first-order chi connectivity index (χ1) is 10.5. The van der Waals surface area contributed by atoms with Crippen LogP contribution >= 0.6 is 0 Å². The van der Waals surface area contributed by atoms with Crippen LogP contribution in [-0.4, -0.2) is 49.4 Å². The smallest absolute Gasteiger partial charge is 0.230 e. The first-order valence-corrected chi connectivity index (χ1v) is 7.12. The van der Waals surface area contributed by atoms with Crippen molar-refractivity contribution in [1.82, 2.24) is 0 Å². The van der Waals surface area contributed by atoms with E-state index in [1.165, 1.54) is 5.32 Å². The quantitative estimate of drug-likeness (QED) is 0.433. The van der Waals surface area contributed by atoms with Gasteiger partial charge in [0, 0.05) is 5.69 Å². The number of rotatable bonds is 10. The topological polar surface area (TPSA) is 115 Å². The third-order valence-electron chi connectivity index (χ3n) is 2.99. The van der Waals surface area contributed by atoms with Crippen LogP contribution in [0.15, 0.2) is 24.3 Å². The van der Waals surface area contributed by atoms with Gasteiger partial charge in [0.15, 0.2) is 0 Å². The molecule has 7 heteroatoms. The van der Waals surface area contributed by atoms with Gasteiger partial charge < -0.3 is 30.4 Å². The second-order valence-electron chi connectivity index (χ2n) is 4.90. The molecule has 1 amide bonds. The third kappa shape index (κ3) is 7.16. The van der Waals surface area contributed by atoms with Gasteiger partial charge in [0.05, 0.1) is 38.8 Å². The lowest BCUT2D eigenvalue weighted by atomic mass is 10.2. The third-order valence-corrected chi connectivity index (χ3v) is 2.99. The van der Waals surface area contributed by atoms with E-state index >= 15 is 0 Å². The number of carboxylic acid groups (broad SMARTS) is 1. The highest BCUT2D eigenvalue weighted by Gasteiger charge is 2.18. The number of carboxylic acids is 1. The van der Waals surface area contributed by atoms with Crippen molar-refractivity contribution in [1.29, 1.82) is 0 Å². The molecule has 7 nitrogen and oxygen atoms in total. The van der Waals surface area contributed by atoms with Crippen LogP contribution in [0.25, 0.3) is 0 Å². The molecule has 0 saturated carbocycles. The molecule has 122 valence electrons. The Labute approximate surface area is 129 Å². The van der Waals surface area contributed by atoms with Gasteiger partial charge in [-0.05, 0) is 19.1 Å². The lowest BCUT2D eigenvalue weighted by Crippen LogP contribution is -2.94. The lowest BCUT2D eigenvalue weighted by Gasteiger charge is -2.16. The summed E-state index contributed by atoms with van der Waals surface area (Å²) in [5.41, 5.74) is 1.70. The van der Waals surface area contributed by atoms with Crippen LogP contribution in [0.1, 0.15) is 12.0 Å². The molecule has 4 N–H and O–H groups in total. The number of aliphatic carboxylic acids is 1. The fraction of sp³-hybridized carbons (Fsp3) is 0.467. The van der Waals surface area contributed by atoms with Crippen molar-refractivity contribution < 1.29 is 29.9 Å². The summed E-state index contributed by atoms with van der Waals surface area (Å²) in [5, 5.41) is 23.7. The molecule has 0 fully saturated rings. The molecular formula is C15H22N2O5. The lowest BCUT2D eigenvalue weighted by molar-refractivity contribution is -0.683. The fourth-order valence-electron chi connectivity index (χ4n) is 1.83. The van der Waals surface area contributed by atoms with Crippen LogP contribution < -0.4 is 15.7 Å². The molecular weight excluding hydrogens is 288 g/mol. The summed E-state index contributed by atoms with van der Waals surface area (Å²) in [6, 6.07) is 6.26. The zero-order valence-electron chi connectivity index (χ0n) is 12.6. The Hall–Kier alpha value is -1.96. The molecule has 1 aromatic rings. The molecule has 0 unspecified atom stereocenters. The van der Waals surface area contributed by atoms with Gasteiger partial charge in [-0.15, -0.1) is 0 Å². The number of anilines is 1. The molecule has 0 bridgehead atoms. The molecule has 0 spiro atoms. The average Bonchev–Trinajstić information content (AvgIpc) is 2.48. The number of carbonyl (C=O) groups excluding carboxylic acids is 2. The molecule has 0 aliphatic carbocycles. The maximum atomic E-state index is 11.9. The predicted octanol–water partition coefficient (Wildman–Crippen LogP) is -1.99. The minimum absolute atomic E-state index is 0.0805. The van der Waals surface area contributed by atoms with Crippen LogP contribution in [0.3, 0.4) is 0 Å². The Morgan fingerprint density at radius 1 is 1.32 bits per heavy atom. The summed E-state index contributed by atoms with van der Waals surface area (Å²) in [5.74, 6) is -1.67. The van der Waals surface area contributed by atoms with Gasteiger partial charge in [0.1, 0.15) is 6.04 Å². The largest absolute Gasteiger partial charge is 0.544 e. The molecule has 0 saturated heterocycles. The maximum Gasteiger partial charge on any atom is 0.230 e. The number of aryl methyl sites for hydroxylation is 1. The van der Waals surface area contributed by atoms with E-state index < -0.39 is 12.0 Å². The molecule has 0 radical (unpaired) electrons. The summed E-state index contributed by atoms with van der Waals surface area (Å²) in [7, 11) is 0. The van der Waals surface area contributed by atoms with Gasteiger partial charge in [0.2, 0.25) is 5.91 Å². The minimum atomic E-state index is -1.29. The predicted molar refractivity (Wildman–Crippen MR) is 77.9 cm³/mol. The van der Waals surface area contributed by atoms with Crippen molar-refractivity contribution in [2.24, 2.45) is 0 Å². The number of carbonyl (C=O) groups is 2. The van der Waals surface area contributed by atoms with Gasteiger partial charge >= 0.3 is 0 Å². The van der Waals surface area contributed by atoms with Crippen molar-refractivity contribution in [3.05, 3.63) is 29.8 Å². The standard InChI is InChI=1S/C15H22N2O5/c1-11-2-4-12(5-3-11)17-14(19)10-13(15(20)21)16-6-8-22-9-7-18/h2-5,13,16,18H,6-10H2,1H3,(H,17,19)(H,20,21)/t13-/m0/s1. The summed E-state index contributed by atoms with van der Waals surface area (Å²) >= 11 is 0. The number of nitrogens with one attached hydrogen (secondary N) is 1. The van der Waals surface area contributed by atoms with Crippen LogP contribution in [0, 0.1) is 6.92 Å². The van der Waals surface area contributed by atoms with Gasteiger partial charge in [-0.25, -0.2) is 0 Å². The number of nitrogens with two attached hydrogens (primary N) is 1. The second-order valence-corrected chi connectivity index (χ2v) is 4.90. The summed E-state index contributed by atoms with van der Waals surface area (Å²) in [6.45, 7) is 2.73. The monoisotopic (exact) mass is 310 g/mol. The molecule has 22 heavy (non-hydrogen) atoms. The SMILES string of the molecule is Cc1ccc(NC(=O)C[C@H]([NH2+]CCOCCO)C(=O)[O-])cc1. The Balaban J connectivity index is 2.39. The molecule has 1 aromatic carbocycles. The van der Waals surface area contributed by atoms with Gasteiger partial charge in [-0.2, -0.15) is 0 Å². The van der Waals surface area contributed by atoms with Crippen molar-refractivity contribution in [2.75, 3.05) is 31.7 Å². The number of aliphatic hydroxyl groups excluding tert-OH is 1. The summed E-state index contributed by atoms with van der Waals surface area (Å²) in [4.78, 5) is 22.9. The van der Waals surface area contributed by atoms with Crippen molar-refractivity contribution in [2.45, 2.75) is 19.4 Å². The van der Waals surface area contributed by atoms with E-state index in [-0.39, 0.29) is 25.5 Å². The van der Waals surface area contributed by atoms with Crippen LogP contribution in [0.2, 0.25) is 0 Å². The van der Waals surface area contributed by atoms with E-state index in [0.717, 1.165) is 5.56 Å². The summed E-state index contributed by atoms with van der Waals surface area (Å²) in [6.07, 6.45) is -0.184. The van der Waals surface area contributed by atoms with Gasteiger partial charge in [0.25, 0.3) is 0 Å². The molecule has 0 aromatic heterocycles. The van der Waals surface area contributed by atoms with E-state index in [2.05, 4.69) is 5.32 Å². The number of amides is 1. The Morgan fingerprint density at radius 3 is 2.59 bits per heavy atom. The number of quaternary nitrogens is 1. The molecule has 0 aliphatic rings. The van der Waals surface area contributed by atoms with Crippen LogP contribution in [-0.2, 0) is 14.3 Å². The normalized spacial score (nSPS) is 11.9. The molecule has 0 aliphatic heterocycles. The van der Waals surface area contributed by atoms with Gasteiger partial charge in [-0.3, -0.25) is 4.79 Å². The number of benzene rings is 1. The second kappa shape index (κ2) is 9.88. The first kappa shape index (κ1) is 18.1. The molecule has 1 atom stereocenters. The van der Waals surface area contributed by atoms with Crippen LogP contribution in [0.4, 0.5) is 5.69 Å². The highest BCUT2D eigenvalue weighted by Crippen LogP contribution is 2.08. The van der Waals surface area contributed by atoms with Gasteiger partial charge in [-0.1, -0.05) is 17.7 Å². The van der Waals surface area contributed by atoms with Crippen molar-refractivity contribution in [3.63, 3.8) is 0 Å². The fourth-order valence-corrected chi connectivity index (χ4v) is 1.83. The number of ether oxygens (including phenoxy) is 1. The van der Waals surface area contributed by atoms with Crippen molar-refractivity contribution in [3.8, 4) is 0 Å². The zero-order chi connectivity index (χ0) is 16.4. The average molecular weight is 310 g/mol. The highest BCUT2D eigenvalue weighted by atomic mass is 16.5. The number of aliphatic hydroxyl groups is 1.